The molecule has 0 aliphatic heterocycles. The van der Waals surface area contributed by atoms with Crippen molar-refractivity contribution in [1.82, 2.24) is 0 Å². The molecule has 124 valence electrons. The zero-order valence-corrected chi connectivity index (χ0v) is 13.5. The van der Waals surface area contributed by atoms with Crippen LogP contribution in [0.2, 0.25) is 0 Å². The molecule has 0 aliphatic carbocycles. The second kappa shape index (κ2) is 6.16. The predicted molar refractivity (Wildman–Crippen MR) is 89.0 cm³/mol. The molecule has 24 heavy (non-hydrogen) atoms. The first-order valence-corrected chi connectivity index (χ1v) is 7.17. The van der Waals surface area contributed by atoms with Gasteiger partial charge in [0.1, 0.15) is 11.1 Å². The highest BCUT2D eigenvalue weighted by Gasteiger charge is 2.27. The molecule has 3 aromatic rings. The van der Waals surface area contributed by atoms with Gasteiger partial charge >= 0.3 is 11.3 Å². The zero-order valence-electron chi connectivity index (χ0n) is 13.5. The van der Waals surface area contributed by atoms with Gasteiger partial charge in [-0.05, 0) is 24.3 Å². The van der Waals surface area contributed by atoms with Crippen LogP contribution in [0.3, 0.4) is 0 Å². The molecule has 0 saturated carbocycles. The summed E-state index contributed by atoms with van der Waals surface area (Å²) in [5, 5.41) is 20.3. The van der Waals surface area contributed by atoms with Crippen molar-refractivity contribution in [1.29, 1.82) is 0 Å². The van der Waals surface area contributed by atoms with Crippen molar-refractivity contribution in [3.8, 4) is 40.1 Å². The van der Waals surface area contributed by atoms with E-state index in [0.717, 1.165) is 0 Å². The first-order valence-electron chi connectivity index (χ1n) is 7.17. The van der Waals surface area contributed by atoms with Gasteiger partial charge in [0.2, 0.25) is 11.5 Å². The van der Waals surface area contributed by atoms with Gasteiger partial charge in [0.05, 0.1) is 33.0 Å². The zero-order chi connectivity index (χ0) is 17.3. The Kier molecular flexibility index (Phi) is 4.04. The normalized spacial score (nSPS) is 10.6. The number of fused-ring (bicyclic) bond motifs is 1. The van der Waals surface area contributed by atoms with Crippen LogP contribution < -0.4 is 14.2 Å². The smallest absolute Gasteiger partial charge is 0.401 e. The Labute approximate surface area is 138 Å². The summed E-state index contributed by atoms with van der Waals surface area (Å²) in [4.78, 5) is 0. The molecule has 1 heterocycles. The first kappa shape index (κ1) is 15.7. The molecule has 0 fully saturated rings. The molecule has 3 rings (SSSR count). The summed E-state index contributed by atoms with van der Waals surface area (Å²) in [5.41, 5.74) is 1.09. The molecule has 0 unspecified atom stereocenters. The predicted octanol–water partition coefficient (Wildman–Crippen LogP) is 3.82. The fourth-order valence-corrected chi connectivity index (χ4v) is 2.56. The van der Waals surface area contributed by atoms with E-state index < -0.39 is 0 Å². The van der Waals surface area contributed by atoms with Crippen LogP contribution in [0.4, 0.5) is 0 Å². The van der Waals surface area contributed by atoms with E-state index >= 15 is 0 Å². The highest BCUT2D eigenvalue weighted by molar-refractivity contribution is 5.91. The van der Waals surface area contributed by atoms with E-state index in [-0.39, 0.29) is 17.3 Å². The molecule has 0 bridgehead atoms. The lowest BCUT2D eigenvalue weighted by Crippen LogP contribution is -1.96. The summed E-state index contributed by atoms with van der Waals surface area (Å²) in [6.07, 6.45) is 0. The number of aromatic hydroxyl groups is 2. The van der Waals surface area contributed by atoms with Gasteiger partial charge in [0, 0.05) is 6.07 Å². The fourth-order valence-electron chi connectivity index (χ4n) is 2.56. The molecule has 6 nitrogen and oxygen atoms in total. The van der Waals surface area contributed by atoms with Crippen molar-refractivity contribution in [3.63, 3.8) is 0 Å². The fraction of sp³-hybridized carbons (Fsp3) is 0.167. The van der Waals surface area contributed by atoms with E-state index in [0.29, 0.717) is 33.8 Å². The number of phenolic OH excluding ortho intramolecular Hbond substituents is 1. The SMILES string of the molecule is COc1cc2[o+]c(-c3ccc(O)cc3)c(O)cc2c(OC)c1OC. The Morgan fingerprint density at radius 2 is 1.50 bits per heavy atom. The standard InChI is InChI=1S/C18H16O6/c1-21-15-9-14-12(17(22-2)18(15)23-3)8-13(20)16(24-14)10-4-6-11(19)7-5-10/h4-9H,1-3H3,(H-,19,20)/p+1. The molecule has 1 aromatic heterocycles. The number of phenols is 1. The molecule has 0 spiro atoms. The van der Waals surface area contributed by atoms with E-state index in [1.54, 1.807) is 24.3 Å². The van der Waals surface area contributed by atoms with Gasteiger partial charge < -0.3 is 24.4 Å². The Morgan fingerprint density at radius 1 is 0.833 bits per heavy atom. The Morgan fingerprint density at radius 3 is 2.08 bits per heavy atom. The van der Waals surface area contributed by atoms with Gasteiger partial charge in [-0.25, -0.2) is 4.42 Å². The second-order valence-electron chi connectivity index (χ2n) is 5.06. The second-order valence-corrected chi connectivity index (χ2v) is 5.06. The Hall–Kier alpha value is -3.15. The van der Waals surface area contributed by atoms with Crippen molar-refractivity contribution in [3.05, 3.63) is 36.4 Å². The van der Waals surface area contributed by atoms with Gasteiger partial charge in [0.25, 0.3) is 0 Å². The van der Waals surface area contributed by atoms with E-state index in [1.165, 1.54) is 33.5 Å². The third kappa shape index (κ3) is 2.52. The van der Waals surface area contributed by atoms with Crippen molar-refractivity contribution >= 4 is 11.0 Å². The van der Waals surface area contributed by atoms with Crippen molar-refractivity contribution in [2.24, 2.45) is 0 Å². The minimum Gasteiger partial charge on any atom is -0.508 e. The molecule has 0 amide bonds. The van der Waals surface area contributed by atoms with Gasteiger partial charge in [-0.3, -0.25) is 0 Å². The van der Waals surface area contributed by atoms with Crippen LogP contribution in [-0.2, 0) is 0 Å². The molecule has 0 saturated heterocycles. The molecular weight excluding hydrogens is 312 g/mol. The van der Waals surface area contributed by atoms with Gasteiger partial charge in [-0.15, -0.1) is 0 Å². The maximum absolute atomic E-state index is 10.4. The van der Waals surface area contributed by atoms with Gasteiger partial charge in [0.15, 0.2) is 11.5 Å². The van der Waals surface area contributed by atoms with Crippen LogP contribution in [0, 0.1) is 0 Å². The molecule has 2 aromatic carbocycles. The average molecular weight is 329 g/mol. The third-order valence-corrected chi connectivity index (χ3v) is 3.69. The summed E-state index contributed by atoms with van der Waals surface area (Å²) in [6, 6.07) is 9.55. The first-order chi connectivity index (χ1) is 11.6. The molecule has 2 N–H and O–H groups in total. The van der Waals surface area contributed by atoms with Crippen LogP contribution in [0.1, 0.15) is 0 Å². The Bertz CT molecular complexity index is 886. The van der Waals surface area contributed by atoms with Crippen molar-refractivity contribution in [2.75, 3.05) is 21.3 Å². The summed E-state index contributed by atoms with van der Waals surface area (Å²) < 4.78 is 21.9. The average Bonchev–Trinajstić information content (AvgIpc) is 2.60. The molecule has 0 radical (unpaired) electrons. The third-order valence-electron chi connectivity index (χ3n) is 3.69. The minimum absolute atomic E-state index is 0.0568. The lowest BCUT2D eigenvalue weighted by Gasteiger charge is -2.11. The number of hydrogen-bond donors (Lipinski definition) is 2. The molecule has 0 aliphatic rings. The largest absolute Gasteiger partial charge is 0.508 e. The summed E-state index contributed by atoms with van der Waals surface area (Å²) >= 11 is 0. The van der Waals surface area contributed by atoms with Crippen LogP contribution >= 0.6 is 0 Å². The van der Waals surface area contributed by atoms with Crippen LogP contribution in [0.25, 0.3) is 22.3 Å². The minimum atomic E-state index is -0.0568. The van der Waals surface area contributed by atoms with Crippen molar-refractivity contribution < 1.29 is 28.8 Å². The summed E-state index contributed by atoms with van der Waals surface area (Å²) in [7, 11) is 4.53. The van der Waals surface area contributed by atoms with Crippen LogP contribution in [0.5, 0.6) is 28.7 Å². The molecule has 6 heteroatoms. The number of rotatable bonds is 4. The molecule has 0 atom stereocenters. The molecular formula is C18H17O6+. The van der Waals surface area contributed by atoms with Crippen molar-refractivity contribution in [2.45, 2.75) is 0 Å². The number of benzene rings is 2. The van der Waals surface area contributed by atoms with E-state index in [1.807, 2.05) is 0 Å². The highest BCUT2D eigenvalue weighted by Crippen LogP contribution is 2.46. The monoisotopic (exact) mass is 329 g/mol. The van der Waals surface area contributed by atoms with E-state index in [2.05, 4.69) is 0 Å². The van der Waals surface area contributed by atoms with Gasteiger partial charge in [-0.1, -0.05) is 0 Å². The lowest BCUT2D eigenvalue weighted by molar-refractivity contribution is 0.326. The topological polar surface area (TPSA) is 79.5 Å². The van der Waals surface area contributed by atoms with Gasteiger partial charge in [-0.2, -0.15) is 0 Å². The maximum Gasteiger partial charge on any atom is 0.401 e. The Balaban J connectivity index is 2.29. The lowest BCUT2D eigenvalue weighted by atomic mass is 10.1. The number of hydrogen-bond acceptors (Lipinski definition) is 5. The number of ether oxygens (including phenoxy) is 3. The number of methoxy groups -OCH3 is 3. The summed E-state index contributed by atoms with van der Waals surface area (Å²) in [5.74, 6) is 1.62. The quantitative estimate of drug-likeness (QED) is 0.708. The van der Waals surface area contributed by atoms with Crippen LogP contribution in [0.15, 0.2) is 40.8 Å². The van der Waals surface area contributed by atoms with E-state index in [4.69, 9.17) is 18.6 Å². The van der Waals surface area contributed by atoms with E-state index in [9.17, 15) is 10.2 Å². The van der Waals surface area contributed by atoms with Crippen LogP contribution in [-0.4, -0.2) is 31.5 Å². The highest BCUT2D eigenvalue weighted by atomic mass is 16.5. The summed E-state index contributed by atoms with van der Waals surface area (Å²) in [6.45, 7) is 0. The maximum atomic E-state index is 10.4.